The van der Waals surface area contributed by atoms with Crippen LogP contribution >= 0.6 is 22.9 Å². The standard InChI is InChI=1S/C21H12ClFN4O3S/c22-13-3-7-15(8-4-13)27-20(28)18-16(9-10-31-18)26(21(27)29)11-17-24-19(25-30-17)12-1-5-14(23)6-2-12/h1-10H,11H2. The normalized spacial score (nSPS) is 11.3. The minimum absolute atomic E-state index is 0.0336. The van der Waals surface area contributed by atoms with E-state index in [9.17, 15) is 14.0 Å². The summed E-state index contributed by atoms with van der Waals surface area (Å²) < 4.78 is 21.4. The average Bonchev–Trinajstić information content (AvgIpc) is 3.43. The van der Waals surface area contributed by atoms with E-state index in [0.717, 1.165) is 4.57 Å². The molecule has 3 aromatic heterocycles. The smallest absolute Gasteiger partial charge is 0.336 e. The van der Waals surface area contributed by atoms with Crippen molar-refractivity contribution in [1.82, 2.24) is 19.3 Å². The Balaban J connectivity index is 1.61. The van der Waals surface area contributed by atoms with Crippen LogP contribution in [0.1, 0.15) is 5.89 Å². The maximum atomic E-state index is 13.3. The number of halogens is 2. The summed E-state index contributed by atoms with van der Waals surface area (Å²) in [6, 6.07) is 13.8. The van der Waals surface area contributed by atoms with Crippen LogP contribution < -0.4 is 11.2 Å². The van der Waals surface area contributed by atoms with Crippen LogP contribution in [-0.2, 0) is 6.54 Å². The molecule has 5 rings (SSSR count). The van der Waals surface area contributed by atoms with E-state index in [-0.39, 0.29) is 24.1 Å². The third kappa shape index (κ3) is 3.47. The second kappa shape index (κ2) is 7.60. The quantitative estimate of drug-likeness (QED) is 0.408. The van der Waals surface area contributed by atoms with Crippen molar-refractivity contribution in [2.75, 3.05) is 0 Å². The number of benzene rings is 2. The van der Waals surface area contributed by atoms with Crippen LogP contribution in [0.2, 0.25) is 5.02 Å². The van der Waals surface area contributed by atoms with E-state index >= 15 is 0 Å². The van der Waals surface area contributed by atoms with Gasteiger partial charge in [0.05, 0.1) is 11.2 Å². The van der Waals surface area contributed by atoms with Crippen molar-refractivity contribution < 1.29 is 8.91 Å². The monoisotopic (exact) mass is 454 g/mol. The molecule has 0 bridgehead atoms. The van der Waals surface area contributed by atoms with Crippen LogP contribution in [0, 0.1) is 5.82 Å². The zero-order chi connectivity index (χ0) is 21.5. The lowest BCUT2D eigenvalue weighted by atomic mass is 10.2. The molecule has 0 atom stereocenters. The van der Waals surface area contributed by atoms with Crippen LogP contribution in [-0.4, -0.2) is 19.3 Å². The van der Waals surface area contributed by atoms with E-state index in [1.54, 1.807) is 35.7 Å². The van der Waals surface area contributed by atoms with Gasteiger partial charge in [0.25, 0.3) is 5.56 Å². The molecule has 154 valence electrons. The molecule has 2 aromatic carbocycles. The van der Waals surface area contributed by atoms with E-state index in [4.69, 9.17) is 16.1 Å². The summed E-state index contributed by atoms with van der Waals surface area (Å²) in [5.41, 5.74) is 0.508. The first-order chi connectivity index (χ1) is 15.0. The highest BCUT2D eigenvalue weighted by Crippen LogP contribution is 2.20. The van der Waals surface area contributed by atoms with E-state index in [2.05, 4.69) is 10.1 Å². The van der Waals surface area contributed by atoms with Gasteiger partial charge >= 0.3 is 5.69 Å². The first kappa shape index (κ1) is 19.4. The predicted molar refractivity (Wildman–Crippen MR) is 115 cm³/mol. The first-order valence-electron chi connectivity index (χ1n) is 9.09. The van der Waals surface area contributed by atoms with E-state index in [1.807, 2.05) is 0 Å². The number of thiophene rings is 1. The van der Waals surface area contributed by atoms with Gasteiger partial charge in [-0.3, -0.25) is 9.36 Å². The lowest BCUT2D eigenvalue weighted by molar-refractivity contribution is 0.370. The van der Waals surface area contributed by atoms with Gasteiger partial charge in [-0.1, -0.05) is 16.8 Å². The maximum absolute atomic E-state index is 13.3. The topological polar surface area (TPSA) is 82.9 Å². The fourth-order valence-corrected chi connectivity index (χ4v) is 4.18. The Morgan fingerprint density at radius 1 is 1.03 bits per heavy atom. The van der Waals surface area contributed by atoms with Gasteiger partial charge < -0.3 is 4.52 Å². The summed E-state index contributed by atoms with van der Waals surface area (Å²) in [5, 5.41) is 6.15. The molecule has 3 heterocycles. The van der Waals surface area contributed by atoms with Gasteiger partial charge in [0.2, 0.25) is 11.7 Å². The Kier molecular flexibility index (Phi) is 4.76. The van der Waals surface area contributed by atoms with Crippen molar-refractivity contribution in [3.63, 3.8) is 0 Å². The van der Waals surface area contributed by atoms with Gasteiger partial charge in [0, 0.05) is 10.6 Å². The minimum atomic E-state index is -0.542. The van der Waals surface area contributed by atoms with Crippen molar-refractivity contribution in [2.24, 2.45) is 0 Å². The zero-order valence-corrected chi connectivity index (χ0v) is 17.2. The van der Waals surface area contributed by atoms with Crippen LogP contribution in [0.15, 0.2) is 74.1 Å². The van der Waals surface area contributed by atoms with Crippen molar-refractivity contribution in [3.05, 3.63) is 97.5 Å². The van der Waals surface area contributed by atoms with E-state index < -0.39 is 11.2 Å². The second-order valence-corrected chi connectivity index (χ2v) is 7.99. The van der Waals surface area contributed by atoms with Crippen LogP contribution in [0.3, 0.4) is 0 Å². The van der Waals surface area contributed by atoms with Crippen LogP contribution in [0.5, 0.6) is 0 Å². The number of aromatic nitrogens is 4. The molecule has 0 fully saturated rings. The predicted octanol–water partition coefficient (Wildman–Crippen LogP) is 4.10. The molecular weight excluding hydrogens is 443 g/mol. The third-order valence-corrected chi connectivity index (χ3v) is 5.85. The second-order valence-electron chi connectivity index (χ2n) is 6.64. The SMILES string of the molecule is O=c1c2sccc2n(Cc2nc(-c3ccc(F)cc3)no2)c(=O)n1-c1ccc(Cl)cc1. The molecule has 10 heteroatoms. The number of fused-ring (bicyclic) bond motifs is 1. The molecule has 0 saturated carbocycles. The third-order valence-electron chi connectivity index (χ3n) is 4.70. The fourth-order valence-electron chi connectivity index (χ4n) is 3.23. The number of hydrogen-bond acceptors (Lipinski definition) is 6. The maximum Gasteiger partial charge on any atom is 0.336 e. The zero-order valence-electron chi connectivity index (χ0n) is 15.7. The van der Waals surface area contributed by atoms with Crippen molar-refractivity contribution in [2.45, 2.75) is 6.54 Å². The highest BCUT2D eigenvalue weighted by molar-refractivity contribution is 7.17. The summed E-state index contributed by atoms with van der Waals surface area (Å²) in [4.78, 5) is 30.5. The Morgan fingerprint density at radius 3 is 2.52 bits per heavy atom. The lowest BCUT2D eigenvalue weighted by Gasteiger charge is -2.10. The number of rotatable bonds is 4. The van der Waals surface area contributed by atoms with Crippen LogP contribution in [0.4, 0.5) is 4.39 Å². The molecule has 31 heavy (non-hydrogen) atoms. The Morgan fingerprint density at radius 2 is 1.77 bits per heavy atom. The molecule has 0 spiro atoms. The van der Waals surface area contributed by atoms with Gasteiger partial charge in [-0.25, -0.2) is 13.8 Å². The van der Waals surface area contributed by atoms with Crippen molar-refractivity contribution in [3.8, 4) is 17.1 Å². The highest BCUT2D eigenvalue weighted by Gasteiger charge is 2.18. The minimum Gasteiger partial charge on any atom is -0.337 e. The van der Waals surface area contributed by atoms with E-state index in [0.29, 0.717) is 26.5 Å². The van der Waals surface area contributed by atoms with Gasteiger partial charge in [0.15, 0.2) is 0 Å². The van der Waals surface area contributed by atoms with Gasteiger partial charge in [-0.2, -0.15) is 4.98 Å². The molecule has 7 nitrogen and oxygen atoms in total. The summed E-state index contributed by atoms with van der Waals surface area (Å²) in [6.45, 7) is -0.0336. The van der Waals surface area contributed by atoms with Gasteiger partial charge in [-0.05, 0) is 60.0 Å². The lowest BCUT2D eigenvalue weighted by Crippen LogP contribution is -2.38. The number of hydrogen-bond donors (Lipinski definition) is 0. The summed E-state index contributed by atoms with van der Waals surface area (Å²) in [5.74, 6) is 0.0780. The molecule has 0 saturated heterocycles. The highest BCUT2D eigenvalue weighted by atomic mass is 35.5. The fraction of sp³-hybridized carbons (Fsp3) is 0.0476. The van der Waals surface area contributed by atoms with E-state index in [1.165, 1.54) is 40.2 Å². The van der Waals surface area contributed by atoms with Crippen LogP contribution in [0.25, 0.3) is 27.3 Å². The first-order valence-corrected chi connectivity index (χ1v) is 10.3. The summed E-state index contributed by atoms with van der Waals surface area (Å²) in [7, 11) is 0. The Hall–Kier alpha value is -3.56. The molecule has 0 aliphatic carbocycles. The van der Waals surface area contributed by atoms with Crippen molar-refractivity contribution in [1.29, 1.82) is 0 Å². The molecule has 0 aliphatic heterocycles. The Bertz CT molecular complexity index is 1520. The molecular formula is C21H12ClFN4O3S. The molecule has 0 radical (unpaired) electrons. The summed E-state index contributed by atoms with van der Waals surface area (Å²) in [6.07, 6.45) is 0. The van der Waals surface area contributed by atoms with Gasteiger partial charge in [0.1, 0.15) is 17.1 Å². The number of nitrogens with zero attached hydrogens (tertiary/aromatic N) is 4. The molecule has 0 N–H and O–H groups in total. The molecule has 0 unspecified atom stereocenters. The van der Waals surface area contributed by atoms with Crippen molar-refractivity contribution >= 4 is 33.2 Å². The van der Waals surface area contributed by atoms with Gasteiger partial charge in [-0.15, -0.1) is 11.3 Å². The Labute approximate surface area is 182 Å². The summed E-state index contributed by atoms with van der Waals surface area (Å²) >= 11 is 7.18. The largest absolute Gasteiger partial charge is 0.337 e. The molecule has 5 aromatic rings. The molecule has 0 aliphatic rings. The average molecular weight is 455 g/mol. The molecule has 0 amide bonds.